The van der Waals surface area contributed by atoms with Crippen LogP contribution in [-0.2, 0) is 28.9 Å². The number of hydrogen-bond acceptors (Lipinski definition) is 4. The maximum atomic E-state index is 11.9. The molecule has 1 aliphatic rings. The quantitative estimate of drug-likeness (QED) is 0.376. The average Bonchev–Trinajstić information content (AvgIpc) is 2.82. The minimum absolute atomic E-state index is 0.0643. The topological polar surface area (TPSA) is 92.9 Å². The van der Waals surface area contributed by atoms with Crippen LogP contribution in [0.3, 0.4) is 0 Å². The Morgan fingerprint density at radius 3 is 3.27 bits per heavy atom. The molecule has 1 aliphatic heterocycles. The third-order valence-corrected chi connectivity index (χ3v) is 3.99. The van der Waals surface area contributed by atoms with Crippen LogP contribution in [-0.4, -0.2) is 28.2 Å². The van der Waals surface area contributed by atoms with E-state index in [1.807, 2.05) is 12.1 Å². The van der Waals surface area contributed by atoms with Gasteiger partial charge in [-0.05, 0) is 43.0 Å². The highest BCUT2D eigenvalue weighted by molar-refractivity contribution is 5.87. The van der Waals surface area contributed by atoms with E-state index >= 15 is 0 Å². The van der Waals surface area contributed by atoms with E-state index in [9.17, 15) is 4.79 Å². The van der Waals surface area contributed by atoms with Gasteiger partial charge in [-0.15, -0.1) is 0 Å². The molecule has 2 aromatic rings. The van der Waals surface area contributed by atoms with E-state index in [-0.39, 0.29) is 18.4 Å². The van der Waals surface area contributed by atoms with Crippen LogP contribution in [0.5, 0.6) is 0 Å². The molecule has 0 saturated carbocycles. The summed E-state index contributed by atoms with van der Waals surface area (Å²) in [5.41, 5.74) is 11.6. The van der Waals surface area contributed by atoms with Crippen LogP contribution in [0, 0.1) is 0 Å². The Morgan fingerprint density at radius 2 is 2.50 bits per heavy atom. The Hall–Kier alpha value is -2.53. The SMILES string of the molecule is CCOC(=O)Cc1c2n(c3ncccc13)C[C@H](N=[N+]=[N-])CC2. The predicted octanol–water partition coefficient (Wildman–Crippen LogP) is 2.77. The first-order valence-corrected chi connectivity index (χ1v) is 7.39. The van der Waals surface area contributed by atoms with Gasteiger partial charge in [0.1, 0.15) is 5.65 Å². The minimum atomic E-state index is -0.223. The van der Waals surface area contributed by atoms with Crippen molar-refractivity contribution in [3.63, 3.8) is 0 Å². The third-order valence-electron chi connectivity index (χ3n) is 3.99. The van der Waals surface area contributed by atoms with Gasteiger partial charge in [0.05, 0.1) is 19.1 Å². The molecule has 0 saturated heterocycles. The summed E-state index contributed by atoms with van der Waals surface area (Å²) in [5, 5.41) is 4.81. The largest absolute Gasteiger partial charge is 0.466 e. The molecule has 7 nitrogen and oxygen atoms in total. The van der Waals surface area contributed by atoms with Crippen LogP contribution in [0.15, 0.2) is 23.4 Å². The fourth-order valence-electron chi connectivity index (χ4n) is 3.10. The Balaban J connectivity index is 2.06. The van der Waals surface area contributed by atoms with Crippen molar-refractivity contribution in [1.82, 2.24) is 9.55 Å². The van der Waals surface area contributed by atoms with Crippen molar-refractivity contribution in [1.29, 1.82) is 0 Å². The molecule has 22 heavy (non-hydrogen) atoms. The first-order valence-electron chi connectivity index (χ1n) is 7.39. The van der Waals surface area contributed by atoms with E-state index in [0.29, 0.717) is 13.2 Å². The second kappa shape index (κ2) is 6.07. The van der Waals surface area contributed by atoms with Crippen molar-refractivity contribution in [3.05, 3.63) is 40.0 Å². The number of rotatable bonds is 4. The normalized spacial score (nSPS) is 16.9. The van der Waals surface area contributed by atoms with Crippen LogP contribution in [0.2, 0.25) is 0 Å². The van der Waals surface area contributed by atoms with Gasteiger partial charge in [-0.25, -0.2) is 4.98 Å². The zero-order chi connectivity index (χ0) is 15.5. The summed E-state index contributed by atoms with van der Waals surface area (Å²) in [6.07, 6.45) is 3.55. The number of azide groups is 1. The highest BCUT2D eigenvalue weighted by Gasteiger charge is 2.26. The molecule has 0 aromatic carbocycles. The van der Waals surface area contributed by atoms with E-state index in [4.69, 9.17) is 10.3 Å². The Labute approximate surface area is 127 Å². The van der Waals surface area contributed by atoms with Crippen LogP contribution in [0.4, 0.5) is 0 Å². The molecule has 0 N–H and O–H groups in total. The maximum absolute atomic E-state index is 11.9. The number of carbonyl (C=O) groups is 1. The number of hydrogen-bond donors (Lipinski definition) is 0. The molecule has 3 heterocycles. The summed E-state index contributed by atoms with van der Waals surface area (Å²) in [4.78, 5) is 19.2. The lowest BCUT2D eigenvalue weighted by atomic mass is 10.0. The van der Waals surface area contributed by atoms with Gasteiger partial charge < -0.3 is 9.30 Å². The molecule has 0 unspecified atom stereocenters. The number of aromatic nitrogens is 2. The van der Waals surface area contributed by atoms with Crippen molar-refractivity contribution < 1.29 is 9.53 Å². The molecule has 0 fully saturated rings. The molecular formula is C15H17N5O2. The number of nitrogens with zero attached hydrogens (tertiary/aromatic N) is 5. The van der Waals surface area contributed by atoms with Gasteiger partial charge in [-0.1, -0.05) is 5.11 Å². The van der Waals surface area contributed by atoms with E-state index in [0.717, 1.165) is 35.1 Å². The van der Waals surface area contributed by atoms with Gasteiger partial charge in [0.15, 0.2) is 0 Å². The number of ether oxygens (including phenoxy) is 1. The molecule has 1 atom stereocenters. The van der Waals surface area contributed by atoms with Gasteiger partial charge in [-0.3, -0.25) is 4.79 Å². The zero-order valence-corrected chi connectivity index (χ0v) is 12.4. The van der Waals surface area contributed by atoms with Crippen molar-refractivity contribution in [2.75, 3.05) is 6.61 Å². The van der Waals surface area contributed by atoms with E-state index < -0.39 is 0 Å². The molecule has 2 aromatic heterocycles. The maximum Gasteiger partial charge on any atom is 0.310 e. The molecule has 3 rings (SSSR count). The number of carbonyl (C=O) groups excluding carboxylic acids is 1. The van der Waals surface area contributed by atoms with Gasteiger partial charge in [0.25, 0.3) is 0 Å². The summed E-state index contributed by atoms with van der Waals surface area (Å²) in [6.45, 7) is 2.79. The van der Waals surface area contributed by atoms with Crippen LogP contribution in [0.25, 0.3) is 21.5 Å². The molecule has 0 spiro atoms. The summed E-state index contributed by atoms with van der Waals surface area (Å²) in [5.74, 6) is -0.223. The highest BCUT2D eigenvalue weighted by Crippen LogP contribution is 2.31. The number of pyridine rings is 1. The fraction of sp³-hybridized carbons (Fsp3) is 0.467. The average molecular weight is 299 g/mol. The Bertz CT molecular complexity index is 761. The Morgan fingerprint density at radius 1 is 1.64 bits per heavy atom. The van der Waals surface area contributed by atoms with Crippen molar-refractivity contribution in [2.45, 2.75) is 38.8 Å². The zero-order valence-electron chi connectivity index (χ0n) is 12.4. The van der Waals surface area contributed by atoms with Gasteiger partial charge >= 0.3 is 5.97 Å². The Kier molecular flexibility index (Phi) is 3.98. The van der Waals surface area contributed by atoms with Crippen molar-refractivity contribution in [2.24, 2.45) is 5.11 Å². The van der Waals surface area contributed by atoms with Crippen LogP contribution >= 0.6 is 0 Å². The summed E-state index contributed by atoms with van der Waals surface area (Å²) in [7, 11) is 0. The number of esters is 1. The van der Waals surface area contributed by atoms with Crippen molar-refractivity contribution >= 4 is 17.0 Å². The van der Waals surface area contributed by atoms with Crippen LogP contribution < -0.4 is 0 Å². The second-order valence-corrected chi connectivity index (χ2v) is 5.29. The smallest absolute Gasteiger partial charge is 0.310 e. The second-order valence-electron chi connectivity index (χ2n) is 5.29. The summed E-state index contributed by atoms with van der Waals surface area (Å²) < 4.78 is 7.16. The summed E-state index contributed by atoms with van der Waals surface area (Å²) in [6, 6.07) is 3.78. The molecule has 0 radical (unpaired) electrons. The molecule has 0 bridgehead atoms. The molecule has 0 amide bonds. The predicted molar refractivity (Wildman–Crippen MR) is 81.3 cm³/mol. The van der Waals surface area contributed by atoms with Crippen molar-refractivity contribution in [3.8, 4) is 0 Å². The molecule has 0 aliphatic carbocycles. The molecule has 114 valence electrons. The third kappa shape index (κ3) is 2.51. The lowest BCUT2D eigenvalue weighted by Crippen LogP contribution is -2.23. The standard InChI is InChI=1S/C15H17N5O2/c1-2-22-14(21)8-12-11-4-3-7-17-15(11)20-9-10(18-19-16)5-6-13(12)20/h3-4,7,10H,2,5-6,8-9H2,1H3/t10-/m1/s1. The van der Waals surface area contributed by atoms with Crippen LogP contribution in [0.1, 0.15) is 24.6 Å². The molecule has 7 heteroatoms. The first-order chi connectivity index (χ1) is 10.7. The highest BCUT2D eigenvalue weighted by atomic mass is 16.5. The fourth-order valence-corrected chi connectivity index (χ4v) is 3.10. The van der Waals surface area contributed by atoms with E-state index in [1.54, 1.807) is 13.1 Å². The lowest BCUT2D eigenvalue weighted by Gasteiger charge is -2.22. The lowest BCUT2D eigenvalue weighted by molar-refractivity contribution is -0.142. The number of fused-ring (bicyclic) bond motifs is 3. The van der Waals surface area contributed by atoms with Gasteiger partial charge in [0, 0.05) is 28.7 Å². The van der Waals surface area contributed by atoms with E-state index in [2.05, 4.69) is 19.6 Å². The van der Waals surface area contributed by atoms with Gasteiger partial charge in [-0.2, -0.15) is 0 Å². The first kappa shape index (κ1) is 14.4. The molecular weight excluding hydrogens is 282 g/mol. The van der Waals surface area contributed by atoms with Gasteiger partial charge in [0.2, 0.25) is 0 Å². The minimum Gasteiger partial charge on any atom is -0.466 e. The summed E-state index contributed by atoms with van der Waals surface area (Å²) >= 11 is 0. The van der Waals surface area contributed by atoms with E-state index in [1.165, 1.54) is 0 Å². The monoisotopic (exact) mass is 299 g/mol.